The molecule has 32 heavy (non-hydrogen) atoms. The van der Waals surface area contributed by atoms with E-state index in [1.54, 1.807) is 6.92 Å². The lowest BCUT2D eigenvalue weighted by atomic mass is 10.1. The number of amides is 2. The van der Waals surface area contributed by atoms with Gasteiger partial charge in [-0.1, -0.05) is 72.1 Å². The normalized spacial score (nSPS) is 12.2. The summed E-state index contributed by atoms with van der Waals surface area (Å²) < 4.78 is 26.0. The Morgan fingerprint density at radius 1 is 1.03 bits per heavy atom. The number of benzene rings is 2. The number of nitrogens with one attached hydrogen (secondary N) is 1. The summed E-state index contributed by atoms with van der Waals surface area (Å²) in [6, 6.07) is 10.9. The third-order valence-electron chi connectivity index (χ3n) is 4.77. The molecule has 7 nitrogen and oxygen atoms in total. The number of hydrogen-bond donors (Lipinski definition) is 1. The minimum Gasteiger partial charge on any atom is -0.357 e. The van der Waals surface area contributed by atoms with Gasteiger partial charge in [0.25, 0.3) is 0 Å². The number of anilines is 1. The molecule has 2 aromatic rings. The smallest absolute Gasteiger partial charge is 0.244 e. The van der Waals surface area contributed by atoms with Crippen molar-refractivity contribution in [2.24, 2.45) is 0 Å². The Morgan fingerprint density at radius 2 is 1.62 bits per heavy atom. The maximum absolute atomic E-state index is 13.4. The van der Waals surface area contributed by atoms with Gasteiger partial charge in [0.2, 0.25) is 21.8 Å². The van der Waals surface area contributed by atoms with Crippen molar-refractivity contribution in [3.05, 3.63) is 63.1 Å². The standard InChI is InChI=1S/C21H24Cl3N3O4S/c1-4-18(21(29)25-2)26(12-14-8-6-5-7-9-14)20(28)13-27(32(3,30)31)19-11-16(23)15(22)10-17(19)24/h5-11,18H,4,12-13H2,1-3H3,(H,25,29)/t18-/m1/s1. The van der Waals surface area contributed by atoms with Crippen molar-refractivity contribution in [3.8, 4) is 0 Å². The second-order valence-corrected chi connectivity index (χ2v) is 10.2. The Balaban J connectivity index is 2.48. The van der Waals surface area contributed by atoms with E-state index in [2.05, 4.69) is 5.32 Å². The molecule has 0 aromatic heterocycles. The summed E-state index contributed by atoms with van der Waals surface area (Å²) in [5.41, 5.74) is 0.811. The van der Waals surface area contributed by atoms with E-state index in [0.29, 0.717) is 6.42 Å². The Hall–Kier alpha value is -2.00. The van der Waals surface area contributed by atoms with E-state index < -0.39 is 28.5 Å². The Morgan fingerprint density at radius 3 is 2.16 bits per heavy atom. The van der Waals surface area contributed by atoms with E-state index in [1.165, 1.54) is 24.1 Å². The summed E-state index contributed by atoms with van der Waals surface area (Å²) in [7, 11) is -2.45. The molecule has 0 heterocycles. The van der Waals surface area contributed by atoms with Crippen LogP contribution in [0.4, 0.5) is 5.69 Å². The number of sulfonamides is 1. The monoisotopic (exact) mass is 519 g/mol. The first kappa shape index (κ1) is 26.3. The van der Waals surface area contributed by atoms with Crippen LogP contribution in [-0.4, -0.2) is 51.0 Å². The molecule has 0 spiro atoms. The van der Waals surface area contributed by atoms with Gasteiger partial charge in [-0.2, -0.15) is 0 Å². The maximum atomic E-state index is 13.4. The fraction of sp³-hybridized carbons (Fsp3) is 0.333. The van der Waals surface area contributed by atoms with Crippen molar-refractivity contribution in [2.45, 2.75) is 25.9 Å². The van der Waals surface area contributed by atoms with Gasteiger partial charge in [0.1, 0.15) is 12.6 Å². The number of rotatable bonds is 9. The van der Waals surface area contributed by atoms with E-state index in [9.17, 15) is 18.0 Å². The van der Waals surface area contributed by atoms with Crippen LogP contribution in [0, 0.1) is 0 Å². The van der Waals surface area contributed by atoms with Crippen LogP contribution in [0.3, 0.4) is 0 Å². The van der Waals surface area contributed by atoms with Gasteiger partial charge in [-0.25, -0.2) is 8.42 Å². The topological polar surface area (TPSA) is 86.8 Å². The van der Waals surface area contributed by atoms with Gasteiger partial charge in [0.15, 0.2) is 0 Å². The molecule has 11 heteroatoms. The first-order valence-corrected chi connectivity index (χ1v) is 12.6. The third kappa shape index (κ3) is 6.51. The lowest BCUT2D eigenvalue weighted by Gasteiger charge is -2.32. The van der Waals surface area contributed by atoms with Crippen LogP contribution in [0.25, 0.3) is 0 Å². The van der Waals surface area contributed by atoms with E-state index in [0.717, 1.165) is 16.1 Å². The van der Waals surface area contributed by atoms with Crippen molar-refractivity contribution in [2.75, 3.05) is 24.2 Å². The average molecular weight is 521 g/mol. The number of halogens is 3. The molecule has 1 N–H and O–H groups in total. The van der Waals surface area contributed by atoms with Crippen LogP contribution < -0.4 is 9.62 Å². The van der Waals surface area contributed by atoms with E-state index in [-0.39, 0.29) is 33.2 Å². The van der Waals surface area contributed by atoms with Crippen LogP contribution in [0.5, 0.6) is 0 Å². The number of carbonyl (C=O) groups is 2. The molecule has 2 rings (SSSR count). The molecule has 0 fully saturated rings. The SMILES string of the molecule is CC[C@H](C(=O)NC)N(Cc1ccccc1)C(=O)CN(c1cc(Cl)c(Cl)cc1Cl)S(C)(=O)=O. The highest BCUT2D eigenvalue weighted by molar-refractivity contribution is 7.92. The molecule has 0 saturated heterocycles. The second-order valence-electron chi connectivity index (χ2n) is 7.03. The van der Waals surface area contributed by atoms with E-state index in [4.69, 9.17) is 34.8 Å². The maximum Gasteiger partial charge on any atom is 0.244 e. The molecule has 0 aliphatic heterocycles. The van der Waals surface area contributed by atoms with Crippen molar-refractivity contribution < 1.29 is 18.0 Å². The molecule has 0 aliphatic carbocycles. The molecule has 174 valence electrons. The predicted molar refractivity (Wildman–Crippen MR) is 129 cm³/mol. The van der Waals surface area contributed by atoms with Crippen LogP contribution in [-0.2, 0) is 26.2 Å². The molecule has 2 amide bonds. The molecule has 0 bridgehead atoms. The third-order valence-corrected chi connectivity index (χ3v) is 6.92. The minimum atomic E-state index is -3.93. The molecule has 1 atom stereocenters. The average Bonchev–Trinajstić information content (AvgIpc) is 2.74. The molecular formula is C21H24Cl3N3O4S. The lowest BCUT2D eigenvalue weighted by Crippen LogP contribution is -2.51. The Kier molecular flexibility index (Phi) is 9.21. The predicted octanol–water partition coefficient (Wildman–Crippen LogP) is 3.97. The van der Waals surface area contributed by atoms with Crippen molar-refractivity contribution >= 4 is 62.3 Å². The Bertz CT molecular complexity index is 1080. The highest BCUT2D eigenvalue weighted by Gasteiger charge is 2.32. The number of hydrogen-bond acceptors (Lipinski definition) is 4. The largest absolute Gasteiger partial charge is 0.357 e. The van der Waals surface area contributed by atoms with Gasteiger partial charge in [0, 0.05) is 13.6 Å². The van der Waals surface area contributed by atoms with Gasteiger partial charge in [-0.05, 0) is 24.1 Å². The molecular weight excluding hydrogens is 497 g/mol. The zero-order chi connectivity index (χ0) is 24.1. The first-order valence-electron chi connectivity index (χ1n) is 9.66. The zero-order valence-corrected chi connectivity index (χ0v) is 20.9. The number of nitrogens with zero attached hydrogens (tertiary/aromatic N) is 2. The first-order chi connectivity index (χ1) is 15.0. The molecule has 2 aromatic carbocycles. The summed E-state index contributed by atoms with van der Waals surface area (Å²) in [5.74, 6) is -0.924. The van der Waals surface area contributed by atoms with Crippen LogP contribution in [0.2, 0.25) is 15.1 Å². The summed E-state index contributed by atoms with van der Waals surface area (Å²) in [5, 5.41) is 2.81. The molecule has 0 saturated carbocycles. The van der Waals surface area contributed by atoms with Crippen LogP contribution >= 0.6 is 34.8 Å². The molecule has 0 aliphatic rings. The van der Waals surface area contributed by atoms with Gasteiger partial charge in [0.05, 0.1) is 27.0 Å². The van der Waals surface area contributed by atoms with E-state index >= 15 is 0 Å². The summed E-state index contributed by atoms with van der Waals surface area (Å²) >= 11 is 18.2. The molecule has 0 radical (unpaired) electrons. The minimum absolute atomic E-state index is 0.0181. The highest BCUT2D eigenvalue weighted by atomic mass is 35.5. The fourth-order valence-electron chi connectivity index (χ4n) is 3.16. The van der Waals surface area contributed by atoms with Crippen LogP contribution in [0.15, 0.2) is 42.5 Å². The van der Waals surface area contributed by atoms with Gasteiger partial charge >= 0.3 is 0 Å². The quantitative estimate of drug-likeness (QED) is 0.507. The van der Waals surface area contributed by atoms with Crippen LogP contribution in [0.1, 0.15) is 18.9 Å². The zero-order valence-electron chi connectivity index (χ0n) is 17.8. The Labute approximate surface area is 203 Å². The van der Waals surface area contributed by atoms with Crippen molar-refractivity contribution in [3.63, 3.8) is 0 Å². The number of carbonyl (C=O) groups excluding carboxylic acids is 2. The summed E-state index contributed by atoms with van der Waals surface area (Å²) in [6.07, 6.45) is 1.29. The van der Waals surface area contributed by atoms with Crippen molar-refractivity contribution in [1.29, 1.82) is 0 Å². The fourth-order valence-corrected chi connectivity index (χ4v) is 4.71. The summed E-state index contributed by atoms with van der Waals surface area (Å²) in [6.45, 7) is 1.32. The van der Waals surface area contributed by atoms with Crippen molar-refractivity contribution in [1.82, 2.24) is 10.2 Å². The van der Waals surface area contributed by atoms with Gasteiger partial charge < -0.3 is 10.2 Å². The van der Waals surface area contributed by atoms with Gasteiger partial charge in [-0.15, -0.1) is 0 Å². The number of likely N-dealkylation sites (N-methyl/N-ethyl adjacent to an activating group) is 1. The molecule has 0 unspecified atom stereocenters. The summed E-state index contributed by atoms with van der Waals surface area (Å²) in [4.78, 5) is 27.2. The van der Waals surface area contributed by atoms with E-state index in [1.807, 2.05) is 30.3 Å². The lowest BCUT2D eigenvalue weighted by molar-refractivity contribution is -0.140. The van der Waals surface area contributed by atoms with Gasteiger partial charge in [-0.3, -0.25) is 13.9 Å². The highest BCUT2D eigenvalue weighted by Crippen LogP contribution is 2.35. The second kappa shape index (κ2) is 11.2.